The van der Waals surface area contributed by atoms with Crippen molar-refractivity contribution in [2.45, 2.75) is 39.9 Å². The summed E-state index contributed by atoms with van der Waals surface area (Å²) in [4.78, 5) is 0. The van der Waals surface area contributed by atoms with E-state index in [9.17, 15) is 0 Å². The van der Waals surface area contributed by atoms with Crippen molar-refractivity contribution in [3.8, 4) is 0 Å². The molecular weight excluding hydrogens is 212 g/mol. The first-order valence-electron chi connectivity index (χ1n) is 6.05. The Bertz CT molecular complexity index is 493. The Labute approximate surface area is 102 Å². The molecule has 0 saturated heterocycles. The SMILES string of the molecule is CCn1nc(C)cc1Cn1cccc1C(C)N. The van der Waals surface area contributed by atoms with Crippen LogP contribution in [0.2, 0.25) is 0 Å². The highest BCUT2D eigenvalue weighted by Gasteiger charge is 2.09. The molecule has 0 fully saturated rings. The molecule has 4 nitrogen and oxygen atoms in total. The molecule has 0 bridgehead atoms. The van der Waals surface area contributed by atoms with Gasteiger partial charge >= 0.3 is 0 Å². The molecular formula is C13H20N4. The molecule has 1 atom stereocenters. The Balaban J connectivity index is 2.28. The van der Waals surface area contributed by atoms with Crippen LogP contribution in [0.3, 0.4) is 0 Å². The van der Waals surface area contributed by atoms with Crippen LogP contribution in [-0.4, -0.2) is 14.3 Å². The Kier molecular flexibility index (Phi) is 3.33. The van der Waals surface area contributed by atoms with Gasteiger partial charge in [-0.05, 0) is 39.0 Å². The average Bonchev–Trinajstić information content (AvgIpc) is 2.85. The maximum absolute atomic E-state index is 5.95. The van der Waals surface area contributed by atoms with Gasteiger partial charge in [0.25, 0.3) is 0 Å². The van der Waals surface area contributed by atoms with Gasteiger partial charge in [-0.1, -0.05) is 0 Å². The lowest BCUT2D eigenvalue weighted by atomic mass is 10.2. The smallest absolute Gasteiger partial charge is 0.0642 e. The maximum atomic E-state index is 5.95. The van der Waals surface area contributed by atoms with Crippen molar-refractivity contribution in [3.05, 3.63) is 41.5 Å². The fourth-order valence-corrected chi connectivity index (χ4v) is 2.16. The maximum Gasteiger partial charge on any atom is 0.0642 e. The Morgan fingerprint density at radius 3 is 2.88 bits per heavy atom. The summed E-state index contributed by atoms with van der Waals surface area (Å²) in [7, 11) is 0. The van der Waals surface area contributed by atoms with Crippen molar-refractivity contribution < 1.29 is 0 Å². The molecule has 0 aromatic carbocycles. The standard InChI is InChI=1S/C13H20N4/c1-4-17-12(8-10(2)15-17)9-16-7-5-6-13(16)11(3)14/h5-8,11H,4,9,14H2,1-3H3. The van der Waals surface area contributed by atoms with Crippen LogP contribution in [0.15, 0.2) is 24.4 Å². The zero-order valence-corrected chi connectivity index (χ0v) is 10.7. The van der Waals surface area contributed by atoms with E-state index in [1.165, 1.54) is 5.69 Å². The first kappa shape index (κ1) is 11.9. The molecule has 4 heteroatoms. The van der Waals surface area contributed by atoms with Gasteiger partial charge in [0.05, 0.1) is 17.9 Å². The van der Waals surface area contributed by atoms with E-state index in [0.717, 1.165) is 24.5 Å². The van der Waals surface area contributed by atoms with E-state index in [1.807, 2.05) is 24.6 Å². The van der Waals surface area contributed by atoms with Crippen molar-refractivity contribution in [1.29, 1.82) is 0 Å². The molecule has 0 aliphatic carbocycles. The number of aryl methyl sites for hydroxylation is 2. The lowest BCUT2D eigenvalue weighted by Crippen LogP contribution is -2.14. The van der Waals surface area contributed by atoms with E-state index >= 15 is 0 Å². The fourth-order valence-electron chi connectivity index (χ4n) is 2.16. The van der Waals surface area contributed by atoms with Crippen LogP contribution in [0.25, 0.3) is 0 Å². The number of nitrogens with zero attached hydrogens (tertiary/aromatic N) is 3. The predicted molar refractivity (Wildman–Crippen MR) is 68.8 cm³/mol. The highest BCUT2D eigenvalue weighted by molar-refractivity contribution is 5.15. The number of rotatable bonds is 4. The summed E-state index contributed by atoms with van der Waals surface area (Å²) in [5, 5.41) is 4.46. The van der Waals surface area contributed by atoms with E-state index in [-0.39, 0.29) is 6.04 Å². The Hall–Kier alpha value is -1.55. The molecule has 2 rings (SSSR count). The summed E-state index contributed by atoms with van der Waals surface area (Å²) < 4.78 is 4.23. The minimum atomic E-state index is 0.0593. The van der Waals surface area contributed by atoms with Crippen LogP contribution in [0, 0.1) is 6.92 Å². The van der Waals surface area contributed by atoms with Gasteiger partial charge in [-0.15, -0.1) is 0 Å². The summed E-state index contributed by atoms with van der Waals surface area (Å²) in [6, 6.07) is 6.31. The quantitative estimate of drug-likeness (QED) is 0.877. The molecule has 0 radical (unpaired) electrons. The van der Waals surface area contributed by atoms with Crippen LogP contribution in [0.5, 0.6) is 0 Å². The van der Waals surface area contributed by atoms with E-state index in [4.69, 9.17) is 5.73 Å². The molecule has 2 N–H and O–H groups in total. The van der Waals surface area contributed by atoms with Gasteiger partial charge in [0.15, 0.2) is 0 Å². The molecule has 0 spiro atoms. The van der Waals surface area contributed by atoms with Gasteiger partial charge in [-0.2, -0.15) is 5.10 Å². The van der Waals surface area contributed by atoms with Crippen LogP contribution < -0.4 is 5.73 Å². The predicted octanol–water partition coefficient (Wildman–Crippen LogP) is 2.08. The van der Waals surface area contributed by atoms with E-state index in [0.29, 0.717) is 0 Å². The normalized spacial score (nSPS) is 12.9. The molecule has 2 heterocycles. The second-order valence-corrected chi connectivity index (χ2v) is 4.44. The third-order valence-corrected chi connectivity index (χ3v) is 2.95. The minimum absolute atomic E-state index is 0.0593. The molecule has 2 aromatic rings. The molecule has 92 valence electrons. The van der Waals surface area contributed by atoms with Crippen molar-refractivity contribution in [3.63, 3.8) is 0 Å². The minimum Gasteiger partial charge on any atom is -0.344 e. The van der Waals surface area contributed by atoms with Crippen LogP contribution in [0.1, 0.15) is 37.0 Å². The van der Waals surface area contributed by atoms with E-state index in [2.05, 4.69) is 34.9 Å². The van der Waals surface area contributed by atoms with E-state index < -0.39 is 0 Å². The molecule has 0 saturated carbocycles. The lowest BCUT2D eigenvalue weighted by molar-refractivity contribution is 0.582. The summed E-state index contributed by atoms with van der Waals surface area (Å²) in [5.41, 5.74) is 9.40. The lowest BCUT2D eigenvalue weighted by Gasteiger charge is -2.12. The van der Waals surface area contributed by atoms with Gasteiger partial charge in [0.1, 0.15) is 0 Å². The summed E-state index contributed by atoms with van der Waals surface area (Å²) in [6.07, 6.45) is 2.07. The largest absolute Gasteiger partial charge is 0.344 e. The van der Waals surface area contributed by atoms with Crippen molar-refractivity contribution >= 4 is 0 Å². The average molecular weight is 232 g/mol. The van der Waals surface area contributed by atoms with Crippen molar-refractivity contribution in [2.24, 2.45) is 5.73 Å². The fraction of sp³-hybridized carbons (Fsp3) is 0.462. The van der Waals surface area contributed by atoms with E-state index in [1.54, 1.807) is 0 Å². The van der Waals surface area contributed by atoms with Gasteiger partial charge in [-0.3, -0.25) is 4.68 Å². The number of aromatic nitrogens is 3. The first-order valence-corrected chi connectivity index (χ1v) is 6.05. The summed E-state index contributed by atoms with van der Waals surface area (Å²) >= 11 is 0. The Morgan fingerprint density at radius 2 is 2.24 bits per heavy atom. The van der Waals surface area contributed by atoms with Crippen LogP contribution in [-0.2, 0) is 13.1 Å². The zero-order chi connectivity index (χ0) is 12.4. The molecule has 17 heavy (non-hydrogen) atoms. The monoisotopic (exact) mass is 232 g/mol. The first-order chi connectivity index (χ1) is 8.11. The highest BCUT2D eigenvalue weighted by atomic mass is 15.3. The molecule has 1 unspecified atom stereocenters. The van der Waals surface area contributed by atoms with Gasteiger partial charge in [-0.25, -0.2) is 0 Å². The van der Waals surface area contributed by atoms with Crippen LogP contribution in [0.4, 0.5) is 0 Å². The van der Waals surface area contributed by atoms with Crippen molar-refractivity contribution in [2.75, 3.05) is 0 Å². The highest BCUT2D eigenvalue weighted by Crippen LogP contribution is 2.14. The topological polar surface area (TPSA) is 48.8 Å². The second-order valence-electron chi connectivity index (χ2n) is 4.44. The third kappa shape index (κ3) is 2.42. The Morgan fingerprint density at radius 1 is 1.47 bits per heavy atom. The second kappa shape index (κ2) is 4.75. The van der Waals surface area contributed by atoms with Crippen molar-refractivity contribution in [1.82, 2.24) is 14.3 Å². The van der Waals surface area contributed by atoms with Crippen LogP contribution >= 0.6 is 0 Å². The van der Waals surface area contributed by atoms with Gasteiger partial charge < -0.3 is 10.3 Å². The third-order valence-electron chi connectivity index (χ3n) is 2.95. The molecule has 2 aromatic heterocycles. The number of hydrogen-bond acceptors (Lipinski definition) is 2. The summed E-state index contributed by atoms with van der Waals surface area (Å²) in [6.45, 7) is 7.88. The molecule has 0 aliphatic heterocycles. The van der Waals surface area contributed by atoms with Gasteiger partial charge in [0.2, 0.25) is 0 Å². The summed E-state index contributed by atoms with van der Waals surface area (Å²) in [5.74, 6) is 0. The van der Waals surface area contributed by atoms with Gasteiger partial charge in [0, 0.05) is 24.5 Å². The molecule has 0 aliphatic rings. The zero-order valence-electron chi connectivity index (χ0n) is 10.7. The number of hydrogen-bond donors (Lipinski definition) is 1. The molecule has 0 amide bonds. The number of nitrogens with two attached hydrogens (primary N) is 1.